The Morgan fingerprint density at radius 2 is 1.73 bits per heavy atom. The van der Waals surface area contributed by atoms with Gasteiger partial charge in [-0.15, -0.1) is 11.3 Å². The molecule has 0 N–H and O–H groups in total. The van der Waals surface area contributed by atoms with Crippen molar-refractivity contribution >= 4 is 57.6 Å². The van der Waals surface area contributed by atoms with Crippen LogP contribution in [0.25, 0.3) is 0 Å². The van der Waals surface area contributed by atoms with E-state index in [-0.39, 0.29) is 11.7 Å². The van der Waals surface area contributed by atoms with Gasteiger partial charge in [-0.2, -0.15) is 10.1 Å². The average Bonchev–Trinajstić information content (AvgIpc) is 3.38. The fourth-order valence-electron chi connectivity index (χ4n) is 3.48. The van der Waals surface area contributed by atoms with E-state index in [0.717, 1.165) is 4.88 Å². The maximum atomic E-state index is 13.6. The minimum absolute atomic E-state index is 0.0409. The first-order valence-corrected chi connectivity index (χ1v) is 11.2. The molecule has 2 aliphatic rings. The SMILES string of the molecule is CCC1=CC(=C2C(=O)N(c3cc(Cl)ccc3Cl)N=C2c2cccs2)C=C(CC)C1=O. The Balaban J connectivity index is 1.94. The summed E-state index contributed by atoms with van der Waals surface area (Å²) in [7, 11) is 0. The minimum atomic E-state index is -0.301. The third kappa shape index (κ3) is 3.58. The predicted molar refractivity (Wildman–Crippen MR) is 124 cm³/mol. The number of ketones is 1. The molecule has 0 spiro atoms. The summed E-state index contributed by atoms with van der Waals surface area (Å²) < 4.78 is 0. The van der Waals surface area contributed by atoms with Crippen molar-refractivity contribution in [3.8, 4) is 0 Å². The monoisotopic (exact) mass is 456 g/mol. The summed E-state index contributed by atoms with van der Waals surface area (Å²) in [5, 5.41) is 8.69. The van der Waals surface area contributed by atoms with Gasteiger partial charge in [0.2, 0.25) is 0 Å². The molecule has 7 heteroatoms. The molecule has 1 aliphatic carbocycles. The Kier molecular flexibility index (Phi) is 5.78. The van der Waals surface area contributed by atoms with Crippen molar-refractivity contribution in [2.45, 2.75) is 26.7 Å². The summed E-state index contributed by atoms with van der Waals surface area (Å²) >= 11 is 14.0. The van der Waals surface area contributed by atoms with E-state index in [1.165, 1.54) is 16.3 Å². The number of benzene rings is 1. The lowest BCUT2D eigenvalue weighted by atomic mass is 9.87. The second-order valence-electron chi connectivity index (χ2n) is 6.84. The van der Waals surface area contributed by atoms with Crippen LogP contribution >= 0.6 is 34.5 Å². The smallest absolute Gasteiger partial charge is 0.281 e. The molecule has 4 nitrogen and oxygen atoms in total. The lowest BCUT2D eigenvalue weighted by Gasteiger charge is -2.17. The maximum Gasteiger partial charge on any atom is 0.281 e. The van der Waals surface area contributed by atoms with Crippen molar-refractivity contribution in [2.75, 3.05) is 5.01 Å². The molecule has 0 unspecified atom stereocenters. The molecule has 1 aliphatic heterocycles. The molecule has 1 aromatic carbocycles. The number of rotatable bonds is 4. The van der Waals surface area contributed by atoms with Gasteiger partial charge in [0.15, 0.2) is 5.78 Å². The van der Waals surface area contributed by atoms with Crippen LogP contribution in [0.2, 0.25) is 10.0 Å². The number of hydrogen-bond donors (Lipinski definition) is 0. The summed E-state index contributed by atoms with van der Waals surface area (Å²) in [5.41, 5.74) is 3.52. The van der Waals surface area contributed by atoms with Crippen LogP contribution < -0.4 is 5.01 Å². The van der Waals surface area contributed by atoms with Crippen LogP contribution in [0, 0.1) is 0 Å². The summed E-state index contributed by atoms with van der Waals surface area (Å²) in [6.07, 6.45) is 4.80. The van der Waals surface area contributed by atoms with Crippen LogP contribution in [0.3, 0.4) is 0 Å². The molecule has 2 heterocycles. The van der Waals surface area contributed by atoms with Gasteiger partial charge in [0.05, 0.1) is 21.2 Å². The molecule has 0 atom stereocenters. The van der Waals surface area contributed by atoms with Gasteiger partial charge in [-0.1, -0.05) is 43.1 Å². The molecule has 0 saturated carbocycles. The van der Waals surface area contributed by atoms with Crippen molar-refractivity contribution in [2.24, 2.45) is 5.10 Å². The number of Topliss-reactive ketones (excluding diaryl/α,β-unsaturated/α-hetero) is 1. The van der Waals surface area contributed by atoms with Crippen molar-refractivity contribution < 1.29 is 9.59 Å². The van der Waals surface area contributed by atoms with E-state index in [1.54, 1.807) is 30.4 Å². The van der Waals surface area contributed by atoms with Gasteiger partial charge in [-0.05, 0) is 60.2 Å². The third-order valence-corrected chi connectivity index (χ3v) is 6.46. The van der Waals surface area contributed by atoms with E-state index in [2.05, 4.69) is 5.10 Å². The number of carbonyl (C=O) groups is 2. The number of anilines is 1. The molecular weight excluding hydrogens is 439 g/mol. The lowest BCUT2D eigenvalue weighted by molar-refractivity contribution is -0.114. The largest absolute Gasteiger partial charge is 0.289 e. The van der Waals surface area contributed by atoms with Gasteiger partial charge in [0.25, 0.3) is 5.91 Å². The Morgan fingerprint density at radius 3 is 2.33 bits per heavy atom. The Morgan fingerprint density at radius 1 is 1.03 bits per heavy atom. The summed E-state index contributed by atoms with van der Waals surface area (Å²) in [5.74, 6) is -0.260. The van der Waals surface area contributed by atoms with Crippen molar-refractivity contribution in [1.82, 2.24) is 0 Å². The Bertz CT molecular complexity index is 1150. The number of hydrazone groups is 1. The fourth-order valence-corrected chi connectivity index (χ4v) is 4.56. The van der Waals surface area contributed by atoms with Gasteiger partial charge < -0.3 is 0 Å². The highest BCUT2D eigenvalue weighted by atomic mass is 35.5. The highest BCUT2D eigenvalue weighted by Gasteiger charge is 2.36. The summed E-state index contributed by atoms with van der Waals surface area (Å²) in [6.45, 7) is 3.88. The highest BCUT2D eigenvalue weighted by molar-refractivity contribution is 7.12. The molecule has 1 amide bonds. The zero-order chi connectivity index (χ0) is 21.4. The number of thiophene rings is 1. The van der Waals surface area contributed by atoms with Crippen molar-refractivity contribution in [3.63, 3.8) is 0 Å². The molecule has 152 valence electrons. The Labute approximate surface area is 188 Å². The van der Waals surface area contributed by atoms with E-state index in [1.807, 2.05) is 31.4 Å². The normalized spacial score (nSPS) is 16.8. The first-order chi connectivity index (χ1) is 14.4. The van der Waals surface area contributed by atoms with Crippen LogP contribution in [-0.4, -0.2) is 17.4 Å². The van der Waals surface area contributed by atoms with E-state index >= 15 is 0 Å². The molecule has 30 heavy (non-hydrogen) atoms. The van der Waals surface area contributed by atoms with Gasteiger partial charge in [0, 0.05) is 16.2 Å². The highest BCUT2D eigenvalue weighted by Crippen LogP contribution is 2.37. The number of amides is 1. The number of halogens is 2. The van der Waals surface area contributed by atoms with E-state index < -0.39 is 0 Å². The lowest BCUT2D eigenvalue weighted by Crippen LogP contribution is -2.23. The molecule has 2 aromatic rings. The number of nitrogens with zero attached hydrogens (tertiary/aromatic N) is 2. The van der Waals surface area contributed by atoms with Crippen LogP contribution in [0.15, 0.2) is 75.3 Å². The van der Waals surface area contributed by atoms with Gasteiger partial charge in [-0.3, -0.25) is 9.59 Å². The fraction of sp³-hybridized carbons (Fsp3) is 0.174. The van der Waals surface area contributed by atoms with E-state index in [4.69, 9.17) is 23.2 Å². The van der Waals surface area contributed by atoms with Crippen molar-refractivity contribution in [3.05, 3.63) is 85.1 Å². The zero-order valence-corrected chi connectivity index (χ0v) is 18.7. The molecule has 0 fully saturated rings. The molecule has 4 rings (SSSR count). The zero-order valence-electron chi connectivity index (χ0n) is 16.4. The molecule has 0 radical (unpaired) electrons. The van der Waals surface area contributed by atoms with E-state index in [9.17, 15) is 9.59 Å². The second kappa shape index (κ2) is 8.34. The first kappa shape index (κ1) is 20.8. The first-order valence-electron chi connectivity index (χ1n) is 9.57. The second-order valence-corrected chi connectivity index (χ2v) is 8.64. The van der Waals surface area contributed by atoms with Crippen LogP contribution in [0.1, 0.15) is 31.6 Å². The minimum Gasteiger partial charge on any atom is -0.289 e. The molecule has 1 aromatic heterocycles. The summed E-state index contributed by atoms with van der Waals surface area (Å²) in [6, 6.07) is 8.76. The third-order valence-electron chi connectivity index (χ3n) is 5.03. The Hall–Kier alpha value is -2.47. The quantitative estimate of drug-likeness (QED) is 0.502. The average molecular weight is 457 g/mol. The van der Waals surface area contributed by atoms with Crippen LogP contribution in [-0.2, 0) is 9.59 Å². The number of allylic oxidation sites excluding steroid dienone is 5. The number of carbonyl (C=O) groups excluding carboxylic acids is 2. The molecular formula is C23H18Cl2N2O2S. The van der Waals surface area contributed by atoms with Crippen molar-refractivity contribution in [1.29, 1.82) is 0 Å². The standard InChI is InChI=1S/C23H18Cl2N2O2S/c1-3-13-10-15(11-14(4-2)22(13)28)20-21(19-6-5-9-30-19)26-27(23(20)29)18-12-16(24)7-8-17(18)25/h5-12H,3-4H2,1-2H3. The molecule has 0 saturated heterocycles. The maximum absolute atomic E-state index is 13.6. The van der Waals surface area contributed by atoms with Gasteiger partial charge >= 0.3 is 0 Å². The van der Waals surface area contributed by atoms with Gasteiger partial charge in [0.1, 0.15) is 5.71 Å². The topological polar surface area (TPSA) is 49.7 Å². The summed E-state index contributed by atoms with van der Waals surface area (Å²) in [4.78, 5) is 27.0. The predicted octanol–water partition coefficient (Wildman–Crippen LogP) is 6.36. The number of hydrogen-bond acceptors (Lipinski definition) is 4. The van der Waals surface area contributed by atoms with Crippen LogP contribution in [0.4, 0.5) is 5.69 Å². The van der Waals surface area contributed by atoms with E-state index in [0.29, 0.717) is 56.6 Å². The van der Waals surface area contributed by atoms with Crippen LogP contribution in [0.5, 0.6) is 0 Å². The molecule has 0 bridgehead atoms. The van der Waals surface area contributed by atoms with Gasteiger partial charge in [-0.25, -0.2) is 0 Å².